The van der Waals surface area contributed by atoms with Crippen molar-refractivity contribution in [2.45, 2.75) is 18.9 Å². The first-order chi connectivity index (χ1) is 9.22. The quantitative estimate of drug-likeness (QED) is 0.676. The highest BCUT2D eigenvalue weighted by atomic mass is 32.1. The molecule has 1 aromatic heterocycles. The number of rotatable bonds is 4. The maximum Gasteiger partial charge on any atom is 0.193 e. The average molecular weight is 280 g/mol. The molecule has 19 heavy (non-hydrogen) atoms. The van der Waals surface area contributed by atoms with Crippen LogP contribution in [-0.4, -0.2) is 56.5 Å². The number of thiophene rings is 1. The first-order valence-electron chi connectivity index (χ1n) is 6.88. The molecule has 1 fully saturated rings. The molecule has 2 rings (SSSR count). The van der Waals surface area contributed by atoms with Crippen molar-refractivity contribution in [2.24, 2.45) is 4.99 Å². The Bertz CT molecular complexity index is 394. The van der Waals surface area contributed by atoms with E-state index >= 15 is 0 Å². The fourth-order valence-electron chi connectivity index (χ4n) is 2.57. The van der Waals surface area contributed by atoms with E-state index in [1.165, 1.54) is 30.8 Å². The van der Waals surface area contributed by atoms with Crippen LogP contribution in [0.1, 0.15) is 23.8 Å². The average Bonchev–Trinajstić information content (AvgIpc) is 3.07. The molecule has 0 bridgehead atoms. The van der Waals surface area contributed by atoms with Gasteiger partial charge in [-0.1, -0.05) is 6.07 Å². The third-order valence-corrected chi connectivity index (χ3v) is 4.52. The summed E-state index contributed by atoms with van der Waals surface area (Å²) in [7, 11) is 5.87. The van der Waals surface area contributed by atoms with Crippen LogP contribution in [0.15, 0.2) is 22.5 Å². The second kappa shape index (κ2) is 6.91. The number of guanidine groups is 1. The molecule has 1 unspecified atom stereocenters. The summed E-state index contributed by atoms with van der Waals surface area (Å²) in [6.45, 7) is 3.35. The fraction of sp³-hybridized carbons (Fsp3) is 0.643. The van der Waals surface area contributed by atoms with Gasteiger partial charge >= 0.3 is 0 Å². The van der Waals surface area contributed by atoms with Crippen molar-refractivity contribution in [2.75, 3.05) is 40.8 Å². The van der Waals surface area contributed by atoms with Gasteiger partial charge in [-0.2, -0.15) is 0 Å². The Hall–Kier alpha value is -1.07. The Morgan fingerprint density at radius 1 is 1.47 bits per heavy atom. The zero-order valence-corrected chi connectivity index (χ0v) is 12.9. The predicted molar refractivity (Wildman–Crippen MR) is 82.9 cm³/mol. The van der Waals surface area contributed by atoms with E-state index in [4.69, 9.17) is 0 Å². The van der Waals surface area contributed by atoms with Gasteiger partial charge in [-0.25, -0.2) is 0 Å². The maximum atomic E-state index is 4.28. The van der Waals surface area contributed by atoms with Gasteiger partial charge < -0.3 is 10.2 Å². The summed E-state index contributed by atoms with van der Waals surface area (Å²) in [4.78, 5) is 10.3. The van der Waals surface area contributed by atoms with Crippen molar-refractivity contribution >= 4 is 17.3 Å². The molecule has 1 N–H and O–H groups in total. The van der Waals surface area contributed by atoms with E-state index in [-0.39, 0.29) is 0 Å². The van der Waals surface area contributed by atoms with Crippen LogP contribution >= 0.6 is 11.3 Å². The van der Waals surface area contributed by atoms with E-state index in [2.05, 4.69) is 32.7 Å². The standard InChI is InChI=1S/C14H24N4S/c1-15-14(17(2)3)16-11-12(13-7-6-10-19-13)18-8-4-5-9-18/h6-7,10,12H,4-5,8-9,11H2,1-3H3,(H,15,16). The fourth-order valence-corrected chi connectivity index (χ4v) is 3.43. The molecule has 106 valence electrons. The minimum absolute atomic E-state index is 0.471. The molecule has 0 amide bonds. The lowest BCUT2D eigenvalue weighted by Crippen LogP contribution is -2.41. The molecule has 1 saturated heterocycles. The first-order valence-corrected chi connectivity index (χ1v) is 7.75. The molecule has 4 nitrogen and oxygen atoms in total. The molecular formula is C14H24N4S. The predicted octanol–water partition coefficient (Wildman–Crippen LogP) is 2.02. The zero-order chi connectivity index (χ0) is 13.7. The number of likely N-dealkylation sites (tertiary alicyclic amines) is 1. The second-order valence-corrected chi connectivity index (χ2v) is 6.08. The molecule has 0 spiro atoms. The van der Waals surface area contributed by atoms with Crippen molar-refractivity contribution in [3.63, 3.8) is 0 Å². The molecule has 0 aliphatic carbocycles. The lowest BCUT2D eigenvalue weighted by atomic mass is 10.2. The topological polar surface area (TPSA) is 30.9 Å². The highest BCUT2D eigenvalue weighted by Crippen LogP contribution is 2.27. The maximum absolute atomic E-state index is 4.28. The molecule has 1 atom stereocenters. The summed E-state index contributed by atoms with van der Waals surface area (Å²) in [6.07, 6.45) is 2.65. The largest absolute Gasteiger partial charge is 0.354 e. The van der Waals surface area contributed by atoms with Crippen molar-refractivity contribution in [3.8, 4) is 0 Å². The monoisotopic (exact) mass is 280 g/mol. The summed E-state index contributed by atoms with van der Waals surface area (Å²) in [5, 5.41) is 5.64. The molecule has 5 heteroatoms. The molecule has 1 aromatic rings. The van der Waals surface area contributed by atoms with E-state index in [1.54, 1.807) is 0 Å². The summed E-state index contributed by atoms with van der Waals surface area (Å²) in [6, 6.07) is 4.86. The van der Waals surface area contributed by atoms with Gasteiger partial charge in [0.2, 0.25) is 0 Å². The molecular weight excluding hydrogens is 256 g/mol. The Kier molecular flexibility index (Phi) is 5.22. The zero-order valence-electron chi connectivity index (χ0n) is 12.1. The van der Waals surface area contributed by atoms with Gasteiger partial charge in [0.25, 0.3) is 0 Å². The van der Waals surface area contributed by atoms with E-state index in [1.807, 2.05) is 37.4 Å². The second-order valence-electron chi connectivity index (χ2n) is 5.10. The van der Waals surface area contributed by atoms with Gasteiger partial charge in [0.1, 0.15) is 0 Å². The van der Waals surface area contributed by atoms with Crippen LogP contribution in [0.3, 0.4) is 0 Å². The summed E-state index contributed by atoms with van der Waals surface area (Å²) >= 11 is 1.85. The van der Waals surface area contributed by atoms with Crippen LogP contribution in [0.5, 0.6) is 0 Å². The van der Waals surface area contributed by atoms with Crippen LogP contribution in [0.4, 0.5) is 0 Å². The van der Waals surface area contributed by atoms with Gasteiger partial charge in [0.05, 0.1) is 6.04 Å². The highest BCUT2D eigenvalue weighted by Gasteiger charge is 2.24. The van der Waals surface area contributed by atoms with Crippen molar-refractivity contribution in [1.29, 1.82) is 0 Å². The van der Waals surface area contributed by atoms with Crippen LogP contribution in [0, 0.1) is 0 Å². The lowest BCUT2D eigenvalue weighted by Gasteiger charge is -2.28. The van der Waals surface area contributed by atoms with Crippen LogP contribution in [0.25, 0.3) is 0 Å². The molecule has 0 aromatic carbocycles. The van der Waals surface area contributed by atoms with Crippen LogP contribution in [-0.2, 0) is 0 Å². The number of aliphatic imine (C=N–C) groups is 1. The van der Waals surface area contributed by atoms with Crippen molar-refractivity contribution < 1.29 is 0 Å². The number of nitrogens with one attached hydrogen (secondary N) is 1. The Morgan fingerprint density at radius 2 is 2.21 bits per heavy atom. The van der Waals surface area contributed by atoms with Crippen molar-refractivity contribution in [3.05, 3.63) is 22.4 Å². The SMILES string of the molecule is CN=C(NCC(c1cccs1)N1CCCC1)N(C)C. The highest BCUT2D eigenvalue weighted by molar-refractivity contribution is 7.10. The summed E-state index contributed by atoms with van der Waals surface area (Å²) < 4.78 is 0. The molecule has 0 saturated carbocycles. The summed E-state index contributed by atoms with van der Waals surface area (Å²) in [5.41, 5.74) is 0. The van der Waals surface area contributed by atoms with Gasteiger partial charge in [-0.15, -0.1) is 11.3 Å². The molecule has 2 heterocycles. The van der Waals surface area contributed by atoms with Crippen molar-refractivity contribution in [1.82, 2.24) is 15.1 Å². The number of nitrogens with zero attached hydrogens (tertiary/aromatic N) is 3. The molecule has 1 aliphatic rings. The van der Waals surface area contributed by atoms with E-state index in [0.29, 0.717) is 6.04 Å². The van der Waals surface area contributed by atoms with Gasteiger partial charge in [0.15, 0.2) is 5.96 Å². The normalized spacial score (nSPS) is 18.6. The van der Waals surface area contributed by atoms with Gasteiger partial charge in [-0.3, -0.25) is 9.89 Å². The van der Waals surface area contributed by atoms with E-state index in [9.17, 15) is 0 Å². The Labute approximate surface area is 120 Å². The minimum Gasteiger partial charge on any atom is -0.354 e. The lowest BCUT2D eigenvalue weighted by molar-refractivity contribution is 0.248. The third-order valence-electron chi connectivity index (χ3n) is 3.54. The van der Waals surface area contributed by atoms with Gasteiger partial charge in [0, 0.05) is 32.6 Å². The number of hydrogen-bond acceptors (Lipinski definition) is 3. The summed E-state index contributed by atoms with van der Waals surface area (Å²) in [5.74, 6) is 0.945. The number of hydrogen-bond donors (Lipinski definition) is 1. The smallest absolute Gasteiger partial charge is 0.193 e. The Morgan fingerprint density at radius 3 is 2.74 bits per heavy atom. The molecule has 0 radical (unpaired) electrons. The minimum atomic E-state index is 0.471. The molecule has 1 aliphatic heterocycles. The van der Waals surface area contributed by atoms with E-state index in [0.717, 1.165) is 12.5 Å². The Balaban J connectivity index is 2.02. The van der Waals surface area contributed by atoms with E-state index < -0.39 is 0 Å². The van der Waals surface area contributed by atoms with Gasteiger partial charge in [-0.05, 0) is 37.4 Å². The van der Waals surface area contributed by atoms with Crippen LogP contribution < -0.4 is 5.32 Å². The third kappa shape index (κ3) is 3.70. The van der Waals surface area contributed by atoms with Crippen LogP contribution in [0.2, 0.25) is 0 Å². The first kappa shape index (κ1) is 14.3.